The Kier molecular flexibility index (Phi) is 6.08. The molecule has 4 heteroatoms. The van der Waals surface area contributed by atoms with Gasteiger partial charge in [-0.15, -0.1) is 0 Å². The van der Waals surface area contributed by atoms with E-state index in [-0.39, 0.29) is 5.78 Å². The summed E-state index contributed by atoms with van der Waals surface area (Å²) in [5, 5.41) is 1.04. The van der Waals surface area contributed by atoms with Crippen LogP contribution in [0.2, 0.25) is 10.0 Å². The Balaban J connectivity index is 1.80. The van der Waals surface area contributed by atoms with E-state index in [9.17, 15) is 4.79 Å². The molecule has 1 aliphatic heterocycles. The van der Waals surface area contributed by atoms with Crippen molar-refractivity contribution in [1.82, 2.24) is 4.90 Å². The molecule has 0 saturated carbocycles. The summed E-state index contributed by atoms with van der Waals surface area (Å²) in [4.78, 5) is 14.2. The van der Waals surface area contributed by atoms with Crippen LogP contribution in [-0.4, -0.2) is 30.3 Å². The fourth-order valence-corrected chi connectivity index (χ4v) is 2.65. The zero-order valence-electron chi connectivity index (χ0n) is 11.4. The van der Waals surface area contributed by atoms with E-state index in [1.165, 1.54) is 19.3 Å². The summed E-state index contributed by atoms with van der Waals surface area (Å²) < 4.78 is 0. The molecule has 0 amide bonds. The number of allylic oxidation sites excluding steroid dienone is 1. The van der Waals surface area contributed by atoms with Gasteiger partial charge < -0.3 is 4.90 Å². The molecule has 0 radical (unpaired) electrons. The molecule has 0 bridgehead atoms. The fraction of sp³-hybridized carbons (Fsp3) is 0.438. The van der Waals surface area contributed by atoms with Crippen molar-refractivity contribution in [2.45, 2.75) is 25.7 Å². The van der Waals surface area contributed by atoms with Gasteiger partial charge in [-0.05, 0) is 49.7 Å². The van der Waals surface area contributed by atoms with Crippen LogP contribution in [0.4, 0.5) is 0 Å². The number of benzene rings is 1. The van der Waals surface area contributed by atoms with Crippen LogP contribution in [0.25, 0.3) is 6.08 Å². The summed E-state index contributed by atoms with van der Waals surface area (Å²) in [6.07, 6.45) is 7.84. The van der Waals surface area contributed by atoms with E-state index < -0.39 is 0 Å². The molecule has 0 aliphatic carbocycles. The Hall–Kier alpha value is -0.830. The standard InChI is InChI=1S/C16H19Cl2NO/c17-15-7-5-13(12-16(15)18)4-6-14(20)8-11-19-9-2-1-3-10-19/h4-7,12H,1-3,8-11H2/b6-4+. The lowest BCUT2D eigenvalue weighted by Crippen LogP contribution is -2.31. The lowest BCUT2D eigenvalue weighted by molar-refractivity contribution is -0.114. The van der Waals surface area contributed by atoms with Crippen LogP contribution in [0.3, 0.4) is 0 Å². The van der Waals surface area contributed by atoms with Gasteiger partial charge in [-0.1, -0.05) is 41.8 Å². The topological polar surface area (TPSA) is 20.3 Å². The van der Waals surface area contributed by atoms with E-state index >= 15 is 0 Å². The number of rotatable bonds is 5. The molecule has 20 heavy (non-hydrogen) atoms. The van der Waals surface area contributed by atoms with Crippen molar-refractivity contribution in [1.29, 1.82) is 0 Å². The summed E-state index contributed by atoms with van der Waals surface area (Å²) in [7, 11) is 0. The molecule has 0 spiro atoms. The molecule has 0 unspecified atom stereocenters. The first-order chi connectivity index (χ1) is 9.65. The Morgan fingerprint density at radius 2 is 1.90 bits per heavy atom. The number of piperidine rings is 1. The Morgan fingerprint density at radius 3 is 2.60 bits per heavy atom. The average Bonchev–Trinajstić information content (AvgIpc) is 2.47. The number of ketones is 1. The van der Waals surface area contributed by atoms with Gasteiger partial charge >= 0.3 is 0 Å². The minimum atomic E-state index is 0.154. The SMILES string of the molecule is O=C(/C=C/c1ccc(Cl)c(Cl)c1)CCN1CCCCC1. The second kappa shape index (κ2) is 7.82. The molecule has 1 aliphatic rings. The van der Waals surface area contributed by atoms with E-state index in [1.807, 2.05) is 6.07 Å². The maximum Gasteiger partial charge on any atom is 0.156 e. The van der Waals surface area contributed by atoms with Crippen LogP contribution in [0.5, 0.6) is 0 Å². The molecule has 0 aromatic heterocycles. The number of hydrogen-bond acceptors (Lipinski definition) is 2. The first-order valence-corrected chi connectivity index (χ1v) is 7.79. The smallest absolute Gasteiger partial charge is 0.156 e. The van der Waals surface area contributed by atoms with Gasteiger partial charge in [0.15, 0.2) is 5.78 Å². The van der Waals surface area contributed by atoms with Gasteiger partial charge in [0, 0.05) is 13.0 Å². The Bertz CT molecular complexity index is 493. The highest BCUT2D eigenvalue weighted by Crippen LogP contribution is 2.23. The van der Waals surface area contributed by atoms with Crippen LogP contribution in [0.1, 0.15) is 31.2 Å². The van der Waals surface area contributed by atoms with Crippen LogP contribution in [-0.2, 0) is 4.79 Å². The zero-order chi connectivity index (χ0) is 14.4. The molecule has 0 N–H and O–H groups in total. The number of carbonyl (C=O) groups excluding carboxylic acids is 1. The molecule has 2 nitrogen and oxygen atoms in total. The molecule has 1 fully saturated rings. The maximum absolute atomic E-state index is 11.8. The van der Waals surface area contributed by atoms with E-state index in [4.69, 9.17) is 23.2 Å². The lowest BCUT2D eigenvalue weighted by Gasteiger charge is -2.25. The molecular weight excluding hydrogens is 293 g/mol. The van der Waals surface area contributed by atoms with Crippen LogP contribution in [0, 0.1) is 0 Å². The van der Waals surface area contributed by atoms with Crippen molar-refractivity contribution in [3.05, 3.63) is 39.9 Å². The summed E-state index contributed by atoms with van der Waals surface area (Å²) in [6, 6.07) is 5.35. The van der Waals surface area contributed by atoms with Crippen molar-refractivity contribution in [3.63, 3.8) is 0 Å². The fourth-order valence-electron chi connectivity index (χ4n) is 2.34. The number of carbonyl (C=O) groups is 1. The molecule has 1 saturated heterocycles. The quantitative estimate of drug-likeness (QED) is 0.749. The summed E-state index contributed by atoms with van der Waals surface area (Å²) in [5.74, 6) is 0.154. The van der Waals surface area contributed by atoms with Gasteiger partial charge in [0.2, 0.25) is 0 Å². The van der Waals surface area contributed by atoms with Crippen molar-refractivity contribution in [2.75, 3.05) is 19.6 Å². The lowest BCUT2D eigenvalue weighted by atomic mass is 10.1. The van der Waals surface area contributed by atoms with Gasteiger partial charge in [0.1, 0.15) is 0 Å². The number of likely N-dealkylation sites (tertiary alicyclic amines) is 1. The van der Waals surface area contributed by atoms with Gasteiger partial charge in [0.25, 0.3) is 0 Å². The minimum absolute atomic E-state index is 0.154. The third kappa shape index (κ3) is 4.93. The Labute approximate surface area is 130 Å². The van der Waals surface area contributed by atoms with Crippen molar-refractivity contribution >= 4 is 35.1 Å². The van der Waals surface area contributed by atoms with E-state index in [2.05, 4.69) is 4.90 Å². The van der Waals surface area contributed by atoms with Gasteiger partial charge in [-0.25, -0.2) is 0 Å². The molecule has 1 aromatic carbocycles. The molecule has 1 aromatic rings. The number of hydrogen-bond donors (Lipinski definition) is 0. The van der Waals surface area contributed by atoms with Gasteiger partial charge in [-0.3, -0.25) is 4.79 Å². The van der Waals surface area contributed by atoms with E-state index in [1.54, 1.807) is 24.3 Å². The minimum Gasteiger partial charge on any atom is -0.303 e. The second-order valence-corrected chi connectivity index (χ2v) is 5.94. The summed E-state index contributed by atoms with van der Waals surface area (Å²) in [5.41, 5.74) is 0.894. The van der Waals surface area contributed by atoms with Crippen molar-refractivity contribution in [3.8, 4) is 0 Å². The highest BCUT2D eigenvalue weighted by Gasteiger charge is 2.10. The van der Waals surface area contributed by atoms with E-state index in [0.29, 0.717) is 16.5 Å². The van der Waals surface area contributed by atoms with Crippen LogP contribution < -0.4 is 0 Å². The summed E-state index contributed by atoms with van der Waals surface area (Å²) >= 11 is 11.8. The van der Waals surface area contributed by atoms with Gasteiger partial charge in [0.05, 0.1) is 10.0 Å². The molecule has 0 atom stereocenters. The van der Waals surface area contributed by atoms with Gasteiger partial charge in [-0.2, -0.15) is 0 Å². The monoisotopic (exact) mass is 311 g/mol. The van der Waals surface area contributed by atoms with Crippen molar-refractivity contribution in [2.24, 2.45) is 0 Å². The first-order valence-electron chi connectivity index (χ1n) is 7.03. The average molecular weight is 312 g/mol. The summed E-state index contributed by atoms with van der Waals surface area (Å²) in [6.45, 7) is 3.12. The second-order valence-electron chi connectivity index (χ2n) is 5.13. The van der Waals surface area contributed by atoms with Crippen LogP contribution in [0.15, 0.2) is 24.3 Å². The number of halogens is 2. The predicted molar refractivity (Wildman–Crippen MR) is 85.4 cm³/mol. The first kappa shape index (κ1) is 15.6. The Morgan fingerprint density at radius 1 is 1.15 bits per heavy atom. The highest BCUT2D eigenvalue weighted by atomic mass is 35.5. The van der Waals surface area contributed by atoms with Crippen molar-refractivity contribution < 1.29 is 4.79 Å². The third-order valence-electron chi connectivity index (χ3n) is 3.53. The molecule has 1 heterocycles. The third-order valence-corrected chi connectivity index (χ3v) is 4.27. The molecule has 2 rings (SSSR count). The number of nitrogens with zero attached hydrogens (tertiary/aromatic N) is 1. The predicted octanol–water partition coefficient (Wildman–Crippen LogP) is 4.45. The zero-order valence-corrected chi connectivity index (χ0v) is 13.0. The maximum atomic E-state index is 11.8. The highest BCUT2D eigenvalue weighted by molar-refractivity contribution is 6.42. The van der Waals surface area contributed by atoms with Crippen LogP contribution >= 0.6 is 23.2 Å². The largest absolute Gasteiger partial charge is 0.303 e. The molecule has 108 valence electrons. The van der Waals surface area contributed by atoms with E-state index in [0.717, 1.165) is 25.2 Å². The normalized spacial score (nSPS) is 16.7. The molecular formula is C16H19Cl2NO.